The van der Waals surface area contributed by atoms with Gasteiger partial charge in [0.1, 0.15) is 29.8 Å². The number of nitrogens with zero attached hydrogens (tertiary/aromatic N) is 5. The zero-order chi connectivity index (χ0) is 28.5. The normalized spacial score (nSPS) is 20.0. The molecule has 1 unspecified atom stereocenters. The van der Waals surface area contributed by atoms with Crippen LogP contribution in [0.1, 0.15) is 54.0 Å². The van der Waals surface area contributed by atoms with E-state index in [4.69, 9.17) is 14.5 Å². The second kappa shape index (κ2) is 10.7. The number of carbonyl (C=O) groups is 1. The Bertz CT molecular complexity index is 1350. The molecule has 3 atom stereocenters. The molecule has 0 spiro atoms. The van der Waals surface area contributed by atoms with E-state index in [0.29, 0.717) is 16.8 Å². The summed E-state index contributed by atoms with van der Waals surface area (Å²) in [5, 5.41) is 27.1. The van der Waals surface area contributed by atoms with Crippen LogP contribution in [0.25, 0.3) is 16.6 Å². The predicted molar refractivity (Wildman–Crippen MR) is 149 cm³/mol. The van der Waals surface area contributed by atoms with Crippen molar-refractivity contribution in [1.29, 1.82) is 5.26 Å². The number of anilines is 1. The number of hydrogen-bond acceptors (Lipinski definition) is 8. The molecule has 0 aromatic carbocycles. The SMILES string of the molecule is C[C@@H]1CN(c2ccc(-c3cc(OCC(C)(C)O)cn4ncc(C#N)c34)cn2)C[C@H](C)C1NC(=O)OC(C)(C)C. The average molecular weight is 535 g/mol. The molecular formula is C29H38N6O4. The number of ether oxygens (including phenoxy) is 2. The van der Waals surface area contributed by atoms with Gasteiger partial charge in [-0.15, -0.1) is 0 Å². The maximum absolute atomic E-state index is 12.4. The Labute approximate surface area is 229 Å². The minimum atomic E-state index is -0.996. The number of nitriles is 1. The van der Waals surface area contributed by atoms with Gasteiger partial charge in [0.2, 0.25) is 0 Å². The Kier molecular flexibility index (Phi) is 7.75. The van der Waals surface area contributed by atoms with E-state index in [9.17, 15) is 15.2 Å². The van der Waals surface area contributed by atoms with E-state index in [-0.39, 0.29) is 30.6 Å². The molecule has 4 heterocycles. The quantitative estimate of drug-likeness (QED) is 0.477. The smallest absolute Gasteiger partial charge is 0.407 e. The highest BCUT2D eigenvalue weighted by atomic mass is 16.6. The number of alkyl carbamates (subject to hydrolysis) is 1. The Balaban J connectivity index is 1.55. The Morgan fingerprint density at radius 1 is 1.18 bits per heavy atom. The fourth-order valence-electron chi connectivity index (χ4n) is 4.94. The Morgan fingerprint density at radius 2 is 1.87 bits per heavy atom. The van der Waals surface area contributed by atoms with Crippen molar-refractivity contribution < 1.29 is 19.4 Å². The van der Waals surface area contributed by atoms with E-state index in [1.165, 1.54) is 6.20 Å². The average Bonchev–Trinajstić information content (AvgIpc) is 3.26. The van der Waals surface area contributed by atoms with E-state index in [1.54, 1.807) is 30.8 Å². The predicted octanol–water partition coefficient (Wildman–Crippen LogP) is 4.40. The van der Waals surface area contributed by atoms with E-state index in [1.807, 2.05) is 39.0 Å². The van der Waals surface area contributed by atoms with Crippen molar-refractivity contribution in [1.82, 2.24) is 19.9 Å². The van der Waals surface area contributed by atoms with Crippen molar-refractivity contribution in [2.45, 2.75) is 65.7 Å². The second-order valence-electron chi connectivity index (χ2n) is 12.1. The molecule has 0 bridgehead atoms. The number of aromatic nitrogens is 3. The van der Waals surface area contributed by atoms with E-state index < -0.39 is 11.2 Å². The lowest BCUT2D eigenvalue weighted by Crippen LogP contribution is -2.55. The Hall–Kier alpha value is -3.84. The molecule has 1 saturated heterocycles. The molecule has 0 saturated carbocycles. The summed E-state index contributed by atoms with van der Waals surface area (Å²) >= 11 is 0. The van der Waals surface area contributed by atoms with Crippen LogP contribution in [0.5, 0.6) is 5.75 Å². The summed E-state index contributed by atoms with van der Waals surface area (Å²) in [4.78, 5) is 19.4. The molecule has 1 amide bonds. The van der Waals surface area contributed by atoms with Gasteiger partial charge < -0.3 is 24.8 Å². The van der Waals surface area contributed by atoms with Gasteiger partial charge in [-0.25, -0.2) is 14.3 Å². The maximum Gasteiger partial charge on any atom is 0.407 e. The number of fused-ring (bicyclic) bond motifs is 1. The maximum atomic E-state index is 12.4. The van der Waals surface area contributed by atoms with E-state index in [0.717, 1.165) is 30.0 Å². The van der Waals surface area contributed by atoms with Crippen LogP contribution in [0.4, 0.5) is 10.6 Å². The zero-order valence-electron chi connectivity index (χ0n) is 23.7. The molecule has 0 radical (unpaired) electrons. The molecule has 3 aromatic heterocycles. The molecule has 4 rings (SSSR count). The number of rotatable bonds is 6. The van der Waals surface area contributed by atoms with Crippen molar-refractivity contribution in [2.24, 2.45) is 11.8 Å². The van der Waals surface area contributed by atoms with Gasteiger partial charge in [0.15, 0.2) is 0 Å². The highest BCUT2D eigenvalue weighted by Crippen LogP contribution is 2.33. The molecule has 0 aliphatic carbocycles. The summed E-state index contributed by atoms with van der Waals surface area (Å²) in [6.07, 6.45) is 4.63. The monoisotopic (exact) mass is 534 g/mol. The van der Waals surface area contributed by atoms with Gasteiger partial charge in [0.05, 0.1) is 29.1 Å². The van der Waals surface area contributed by atoms with Crippen LogP contribution >= 0.6 is 0 Å². The Morgan fingerprint density at radius 3 is 2.44 bits per heavy atom. The third-order valence-corrected chi connectivity index (χ3v) is 6.61. The van der Waals surface area contributed by atoms with Gasteiger partial charge in [-0.3, -0.25) is 0 Å². The largest absolute Gasteiger partial charge is 0.489 e. The molecule has 1 fully saturated rings. The van der Waals surface area contributed by atoms with Crippen molar-refractivity contribution in [3.8, 4) is 22.9 Å². The molecule has 39 heavy (non-hydrogen) atoms. The lowest BCUT2D eigenvalue weighted by molar-refractivity contribution is 0.0283. The van der Waals surface area contributed by atoms with E-state index in [2.05, 4.69) is 35.2 Å². The van der Waals surface area contributed by atoms with Crippen LogP contribution < -0.4 is 15.0 Å². The number of hydrogen-bond donors (Lipinski definition) is 2. The summed E-state index contributed by atoms with van der Waals surface area (Å²) in [6.45, 7) is 14.8. The topological polar surface area (TPSA) is 125 Å². The fraction of sp³-hybridized carbons (Fsp3) is 0.517. The first kappa shape index (κ1) is 28.2. The van der Waals surface area contributed by atoms with Gasteiger partial charge in [-0.1, -0.05) is 13.8 Å². The highest BCUT2D eigenvalue weighted by Gasteiger charge is 2.34. The molecule has 2 N–H and O–H groups in total. The number of amides is 1. The van der Waals surface area contributed by atoms with E-state index >= 15 is 0 Å². The van der Waals surface area contributed by atoms with Crippen LogP contribution in [0.15, 0.2) is 36.8 Å². The number of nitrogens with one attached hydrogen (secondary N) is 1. The first-order valence-corrected chi connectivity index (χ1v) is 13.2. The lowest BCUT2D eigenvalue weighted by Gasteiger charge is -2.42. The molecule has 3 aromatic rings. The van der Waals surface area contributed by atoms with Crippen molar-refractivity contribution in [3.05, 3.63) is 42.4 Å². The number of piperidine rings is 1. The molecule has 1 aliphatic rings. The lowest BCUT2D eigenvalue weighted by atomic mass is 9.86. The summed E-state index contributed by atoms with van der Waals surface area (Å²) in [5.41, 5.74) is 1.16. The van der Waals surface area contributed by atoms with Gasteiger partial charge in [0, 0.05) is 36.5 Å². The van der Waals surface area contributed by atoms with Gasteiger partial charge in [0.25, 0.3) is 0 Å². The molecule has 10 heteroatoms. The fourth-order valence-corrected chi connectivity index (χ4v) is 4.94. The minimum absolute atomic E-state index is 0.00145. The molecule has 208 valence electrons. The van der Waals surface area contributed by atoms with Gasteiger partial charge in [-0.05, 0) is 64.7 Å². The zero-order valence-corrected chi connectivity index (χ0v) is 23.7. The van der Waals surface area contributed by atoms with Crippen molar-refractivity contribution in [3.63, 3.8) is 0 Å². The third-order valence-electron chi connectivity index (χ3n) is 6.61. The molecule has 10 nitrogen and oxygen atoms in total. The summed E-state index contributed by atoms with van der Waals surface area (Å²) in [5.74, 6) is 1.75. The third kappa shape index (κ3) is 6.79. The summed E-state index contributed by atoms with van der Waals surface area (Å²) < 4.78 is 12.9. The van der Waals surface area contributed by atoms with Crippen LogP contribution in [-0.2, 0) is 4.74 Å². The van der Waals surface area contributed by atoms with Gasteiger partial charge in [-0.2, -0.15) is 10.4 Å². The van der Waals surface area contributed by atoms with Gasteiger partial charge >= 0.3 is 6.09 Å². The number of carbonyl (C=O) groups excluding carboxylic acids is 1. The summed E-state index contributed by atoms with van der Waals surface area (Å²) in [7, 11) is 0. The van der Waals surface area contributed by atoms with Crippen LogP contribution in [0.2, 0.25) is 0 Å². The second-order valence-corrected chi connectivity index (χ2v) is 12.1. The van der Waals surface area contributed by atoms with Crippen molar-refractivity contribution >= 4 is 17.4 Å². The standard InChI is InChI=1S/C29H38N6O4/c1-18-14-34(15-19(2)25(18)33-27(36)39-28(3,4)5)24-9-8-20(12-31-24)23-10-22(38-17-29(6,7)37)16-35-26(23)21(11-30)13-32-35/h8-10,12-13,16,18-19,25,37H,14-15,17H2,1-7H3,(H,33,36)/t18-,19+,25?. The summed E-state index contributed by atoms with van der Waals surface area (Å²) in [6, 6.07) is 8.00. The van der Waals surface area contributed by atoms with Crippen LogP contribution in [-0.4, -0.2) is 62.7 Å². The molecular weight excluding hydrogens is 496 g/mol. The minimum Gasteiger partial charge on any atom is -0.489 e. The first-order valence-electron chi connectivity index (χ1n) is 13.2. The number of aliphatic hydroxyl groups is 1. The van der Waals surface area contributed by atoms with Crippen LogP contribution in [0, 0.1) is 23.2 Å². The van der Waals surface area contributed by atoms with Crippen molar-refractivity contribution in [2.75, 3.05) is 24.6 Å². The first-order chi connectivity index (χ1) is 18.2. The highest BCUT2D eigenvalue weighted by molar-refractivity contribution is 5.85. The number of pyridine rings is 2. The van der Waals surface area contributed by atoms with Crippen LogP contribution in [0.3, 0.4) is 0 Å². The molecule has 1 aliphatic heterocycles.